The third kappa shape index (κ3) is 9.09. The molecule has 0 spiro atoms. The standard InChI is InChI=1S/C56H56N2/c1-9-47(37-45-17-29-53(30-18-45)57(51-25-11-39(3)12-26-51)55-33-15-41(5)35-43(55)7)49-21-23-50(24-22-49)48(10-2)38-46-19-31-54(32-20-46)58(52-27-13-40(4)14-28-52)56-34-16-42(6)36-44(56)8/h11-38H,9-10H2,1-8H3. The van der Waals surface area contributed by atoms with Gasteiger partial charge in [0.2, 0.25) is 0 Å². The largest absolute Gasteiger partial charge is 0.310 e. The van der Waals surface area contributed by atoms with E-state index in [2.05, 4.69) is 235 Å². The molecule has 0 aliphatic rings. The van der Waals surface area contributed by atoms with Crippen molar-refractivity contribution in [1.29, 1.82) is 0 Å². The summed E-state index contributed by atoms with van der Waals surface area (Å²) in [5, 5.41) is 0. The highest BCUT2D eigenvalue weighted by molar-refractivity contribution is 5.86. The van der Waals surface area contributed by atoms with Crippen LogP contribution in [0.4, 0.5) is 34.1 Å². The number of hydrogen-bond donors (Lipinski definition) is 0. The Morgan fingerprint density at radius 1 is 0.362 bits per heavy atom. The van der Waals surface area contributed by atoms with Gasteiger partial charge in [0.15, 0.2) is 0 Å². The van der Waals surface area contributed by atoms with Crippen LogP contribution < -0.4 is 9.80 Å². The SMILES string of the molecule is CCC(=Cc1ccc(N(c2ccc(C)cc2)c2ccc(C)cc2C)cc1)c1ccc(C(=Cc2ccc(N(c3ccc(C)cc3)c3ccc(C)cc3C)cc2)CC)cc1. The maximum atomic E-state index is 2.36. The smallest absolute Gasteiger partial charge is 0.0490 e. The predicted molar refractivity (Wildman–Crippen MR) is 253 cm³/mol. The third-order valence-corrected chi connectivity index (χ3v) is 11.1. The van der Waals surface area contributed by atoms with Crippen LogP contribution in [0, 0.1) is 41.5 Å². The molecule has 2 nitrogen and oxygen atoms in total. The monoisotopic (exact) mass is 756 g/mol. The fourth-order valence-corrected chi connectivity index (χ4v) is 7.87. The van der Waals surface area contributed by atoms with Gasteiger partial charge in [-0.25, -0.2) is 0 Å². The summed E-state index contributed by atoms with van der Waals surface area (Å²) >= 11 is 0. The molecule has 2 heteroatoms. The highest BCUT2D eigenvalue weighted by Crippen LogP contribution is 2.39. The van der Waals surface area contributed by atoms with Crippen molar-refractivity contribution in [2.75, 3.05) is 9.80 Å². The van der Waals surface area contributed by atoms with E-state index in [0.29, 0.717) is 0 Å². The quantitative estimate of drug-likeness (QED) is 0.115. The normalized spacial score (nSPS) is 11.8. The van der Waals surface area contributed by atoms with Gasteiger partial charge in [-0.15, -0.1) is 0 Å². The van der Waals surface area contributed by atoms with E-state index in [0.717, 1.165) is 35.6 Å². The lowest BCUT2D eigenvalue weighted by atomic mass is 9.95. The molecule has 0 aliphatic heterocycles. The summed E-state index contributed by atoms with van der Waals surface area (Å²) in [4.78, 5) is 4.72. The first kappa shape index (κ1) is 39.8. The molecule has 0 aliphatic carbocycles. The van der Waals surface area contributed by atoms with E-state index in [9.17, 15) is 0 Å². The third-order valence-electron chi connectivity index (χ3n) is 11.1. The fourth-order valence-electron chi connectivity index (χ4n) is 7.87. The average Bonchev–Trinajstić information content (AvgIpc) is 3.23. The molecule has 0 atom stereocenters. The molecule has 0 radical (unpaired) electrons. The first-order valence-corrected chi connectivity index (χ1v) is 20.7. The minimum absolute atomic E-state index is 0.948. The number of rotatable bonds is 12. The van der Waals surface area contributed by atoms with Crippen molar-refractivity contribution in [3.05, 3.63) is 213 Å². The van der Waals surface area contributed by atoms with Gasteiger partial charge in [-0.1, -0.05) is 145 Å². The Bertz CT molecular complexity index is 2350. The topological polar surface area (TPSA) is 6.48 Å². The second-order valence-electron chi connectivity index (χ2n) is 15.7. The number of hydrogen-bond acceptors (Lipinski definition) is 2. The lowest BCUT2D eigenvalue weighted by Gasteiger charge is -2.27. The van der Waals surface area contributed by atoms with Crippen LogP contribution in [0.15, 0.2) is 158 Å². The van der Waals surface area contributed by atoms with Crippen molar-refractivity contribution in [2.45, 2.75) is 68.2 Å². The van der Waals surface area contributed by atoms with Crippen LogP contribution in [0.1, 0.15) is 82.3 Å². The van der Waals surface area contributed by atoms with Crippen LogP contribution in [0.3, 0.4) is 0 Å². The molecule has 0 heterocycles. The zero-order chi connectivity index (χ0) is 40.8. The Hall–Kier alpha value is -6.38. The molecule has 58 heavy (non-hydrogen) atoms. The number of aryl methyl sites for hydroxylation is 6. The number of anilines is 6. The summed E-state index contributed by atoms with van der Waals surface area (Å²) in [5.74, 6) is 0. The Morgan fingerprint density at radius 2 is 0.655 bits per heavy atom. The summed E-state index contributed by atoms with van der Waals surface area (Å²) in [6, 6.07) is 58.1. The Morgan fingerprint density at radius 3 is 0.948 bits per heavy atom. The molecule has 0 aromatic heterocycles. The first-order chi connectivity index (χ1) is 28.1. The maximum absolute atomic E-state index is 2.36. The van der Waals surface area contributed by atoms with Crippen molar-refractivity contribution < 1.29 is 0 Å². The van der Waals surface area contributed by atoms with E-state index in [4.69, 9.17) is 0 Å². The summed E-state index contributed by atoms with van der Waals surface area (Å²) in [6.45, 7) is 17.5. The molecule has 7 aromatic carbocycles. The van der Waals surface area contributed by atoms with Crippen LogP contribution in [0.5, 0.6) is 0 Å². The second-order valence-corrected chi connectivity index (χ2v) is 15.7. The van der Waals surface area contributed by atoms with E-state index >= 15 is 0 Å². The van der Waals surface area contributed by atoms with Crippen LogP contribution in [-0.4, -0.2) is 0 Å². The molecule has 0 saturated carbocycles. The van der Waals surface area contributed by atoms with E-state index in [-0.39, 0.29) is 0 Å². The Kier molecular flexibility index (Phi) is 12.2. The molecule has 0 saturated heterocycles. The molecule has 0 N–H and O–H groups in total. The number of benzene rings is 7. The van der Waals surface area contributed by atoms with Gasteiger partial charge in [-0.05, 0) is 160 Å². The molecular formula is C56H56N2. The lowest BCUT2D eigenvalue weighted by molar-refractivity contribution is 1.23. The first-order valence-electron chi connectivity index (χ1n) is 20.7. The minimum atomic E-state index is 0.948. The zero-order valence-electron chi connectivity index (χ0n) is 35.5. The molecule has 0 unspecified atom stereocenters. The van der Waals surface area contributed by atoms with Crippen molar-refractivity contribution in [2.24, 2.45) is 0 Å². The van der Waals surface area contributed by atoms with Gasteiger partial charge in [0.1, 0.15) is 0 Å². The highest BCUT2D eigenvalue weighted by Gasteiger charge is 2.16. The molecule has 0 fully saturated rings. The summed E-state index contributed by atoms with van der Waals surface area (Å²) < 4.78 is 0. The predicted octanol–water partition coefficient (Wildman–Crippen LogP) is 16.4. The number of allylic oxidation sites excluding steroid dienone is 2. The molecule has 7 rings (SSSR count). The number of nitrogens with zero attached hydrogens (tertiary/aromatic N) is 2. The van der Waals surface area contributed by atoms with E-state index in [1.807, 2.05) is 0 Å². The van der Waals surface area contributed by atoms with Crippen LogP contribution in [-0.2, 0) is 0 Å². The molecule has 290 valence electrons. The summed E-state index contributed by atoms with van der Waals surface area (Å²) in [6.07, 6.45) is 6.57. The average molecular weight is 757 g/mol. The van der Waals surface area contributed by atoms with E-state index in [1.54, 1.807) is 0 Å². The Labute approximate surface area is 347 Å². The molecule has 7 aromatic rings. The Balaban J connectivity index is 1.11. The van der Waals surface area contributed by atoms with Gasteiger partial charge in [0.05, 0.1) is 0 Å². The molecular weight excluding hydrogens is 701 g/mol. The zero-order valence-corrected chi connectivity index (χ0v) is 35.5. The van der Waals surface area contributed by atoms with Gasteiger partial charge in [-0.2, -0.15) is 0 Å². The summed E-state index contributed by atoms with van der Waals surface area (Å²) in [7, 11) is 0. The van der Waals surface area contributed by atoms with Crippen molar-refractivity contribution in [3.8, 4) is 0 Å². The second kappa shape index (κ2) is 17.8. The van der Waals surface area contributed by atoms with Crippen molar-refractivity contribution >= 4 is 57.4 Å². The van der Waals surface area contributed by atoms with E-state index in [1.165, 1.54) is 78.2 Å². The van der Waals surface area contributed by atoms with Gasteiger partial charge < -0.3 is 9.80 Å². The van der Waals surface area contributed by atoms with Gasteiger partial charge >= 0.3 is 0 Å². The lowest BCUT2D eigenvalue weighted by Crippen LogP contribution is -2.11. The molecule has 0 bridgehead atoms. The fraction of sp³-hybridized carbons (Fsp3) is 0.179. The van der Waals surface area contributed by atoms with Gasteiger partial charge in [0, 0.05) is 34.1 Å². The molecule has 0 amide bonds. The van der Waals surface area contributed by atoms with Gasteiger partial charge in [-0.3, -0.25) is 0 Å². The van der Waals surface area contributed by atoms with Crippen LogP contribution in [0.25, 0.3) is 23.3 Å². The highest BCUT2D eigenvalue weighted by atomic mass is 15.1. The van der Waals surface area contributed by atoms with Gasteiger partial charge in [0.25, 0.3) is 0 Å². The van der Waals surface area contributed by atoms with Crippen LogP contribution >= 0.6 is 0 Å². The maximum Gasteiger partial charge on any atom is 0.0490 e. The summed E-state index contributed by atoms with van der Waals surface area (Å²) in [5.41, 5.74) is 22.1. The van der Waals surface area contributed by atoms with Crippen molar-refractivity contribution in [3.63, 3.8) is 0 Å². The minimum Gasteiger partial charge on any atom is -0.310 e. The van der Waals surface area contributed by atoms with Crippen LogP contribution in [0.2, 0.25) is 0 Å². The van der Waals surface area contributed by atoms with Crippen molar-refractivity contribution in [1.82, 2.24) is 0 Å². The van der Waals surface area contributed by atoms with E-state index < -0.39 is 0 Å².